The molecule has 0 aliphatic heterocycles. The number of benzene rings is 1. The summed E-state index contributed by atoms with van der Waals surface area (Å²) in [6.45, 7) is 1.99. The number of hydrogen-bond acceptors (Lipinski definition) is 4. The van der Waals surface area contributed by atoms with Gasteiger partial charge in [-0.05, 0) is 19.1 Å². The Morgan fingerprint density at radius 1 is 1.19 bits per heavy atom. The fourth-order valence-corrected chi connectivity index (χ4v) is 3.62. The number of hydrogen-bond donors (Lipinski definition) is 2. The number of halogens is 3. The van der Waals surface area contributed by atoms with Crippen molar-refractivity contribution in [2.45, 2.75) is 44.6 Å². The number of para-hydroxylation sites is 2. The number of carbonyl (C=O) groups excluding carboxylic acids is 1. The summed E-state index contributed by atoms with van der Waals surface area (Å²) in [6, 6.07) is 7.19. The van der Waals surface area contributed by atoms with Crippen molar-refractivity contribution in [3.8, 4) is 0 Å². The number of aromatic nitrogens is 4. The van der Waals surface area contributed by atoms with Crippen LogP contribution in [0.1, 0.15) is 25.6 Å². The van der Waals surface area contributed by atoms with Crippen molar-refractivity contribution in [1.82, 2.24) is 24.0 Å². The Hall–Kier alpha value is -3.08. The molecule has 0 spiro atoms. The molecule has 0 bridgehead atoms. The van der Waals surface area contributed by atoms with Crippen LogP contribution in [0.4, 0.5) is 13.2 Å². The molecule has 1 unspecified atom stereocenters. The summed E-state index contributed by atoms with van der Waals surface area (Å²) < 4.78 is 44.7. The van der Waals surface area contributed by atoms with Crippen LogP contribution in [-0.4, -0.2) is 42.4 Å². The smallest absolute Gasteiger partial charge is 0.374 e. The Morgan fingerprint density at radius 2 is 1.84 bits per heavy atom. The van der Waals surface area contributed by atoms with Crippen molar-refractivity contribution < 1.29 is 23.1 Å². The average Bonchev–Trinajstić information content (AvgIpc) is 3.26. The molecular formula is C20H24F3N5O3. The fraction of sp³-hybridized carbons (Fsp3) is 0.450. The lowest BCUT2D eigenvalue weighted by atomic mass is 9.97. The first-order valence-corrected chi connectivity index (χ1v) is 9.81. The second-order valence-electron chi connectivity index (χ2n) is 7.24. The van der Waals surface area contributed by atoms with Crippen LogP contribution in [0.25, 0.3) is 11.0 Å². The van der Waals surface area contributed by atoms with Crippen molar-refractivity contribution >= 4 is 16.9 Å². The summed E-state index contributed by atoms with van der Waals surface area (Å²) >= 11 is 0. The van der Waals surface area contributed by atoms with Gasteiger partial charge in [0.25, 0.3) is 0 Å². The SMILES string of the molecule is CCn1c(=O)n(CCC(=O)NCCC(O)(c2nccn2C)C(F)(F)F)c2ccccc21. The van der Waals surface area contributed by atoms with Crippen LogP contribution >= 0.6 is 0 Å². The highest BCUT2D eigenvalue weighted by Crippen LogP contribution is 2.40. The molecule has 0 saturated heterocycles. The van der Waals surface area contributed by atoms with E-state index in [0.717, 1.165) is 16.3 Å². The van der Waals surface area contributed by atoms with Crippen LogP contribution in [0.15, 0.2) is 41.5 Å². The number of nitrogens with one attached hydrogen (secondary N) is 1. The van der Waals surface area contributed by atoms with Gasteiger partial charge in [-0.25, -0.2) is 9.78 Å². The molecule has 0 aliphatic rings. The number of alkyl halides is 3. The number of imidazole rings is 2. The molecule has 0 aliphatic carbocycles. The molecule has 0 radical (unpaired) electrons. The lowest BCUT2D eigenvalue weighted by Crippen LogP contribution is -2.46. The molecule has 1 amide bonds. The van der Waals surface area contributed by atoms with E-state index in [1.165, 1.54) is 17.8 Å². The zero-order valence-electron chi connectivity index (χ0n) is 17.2. The van der Waals surface area contributed by atoms with Gasteiger partial charge >= 0.3 is 11.9 Å². The first kappa shape index (κ1) is 22.6. The average molecular weight is 439 g/mol. The van der Waals surface area contributed by atoms with Gasteiger partial charge in [-0.3, -0.25) is 13.9 Å². The van der Waals surface area contributed by atoms with Crippen molar-refractivity contribution in [3.63, 3.8) is 0 Å². The number of fused-ring (bicyclic) bond motifs is 1. The Labute approximate surface area is 175 Å². The van der Waals surface area contributed by atoms with Gasteiger partial charge in [0.15, 0.2) is 0 Å². The third-order valence-electron chi connectivity index (χ3n) is 5.27. The van der Waals surface area contributed by atoms with E-state index in [1.54, 1.807) is 16.7 Å². The second kappa shape index (κ2) is 8.58. The molecule has 11 heteroatoms. The van der Waals surface area contributed by atoms with E-state index in [-0.39, 0.29) is 18.7 Å². The van der Waals surface area contributed by atoms with Crippen LogP contribution < -0.4 is 11.0 Å². The third-order valence-corrected chi connectivity index (χ3v) is 5.27. The number of carbonyl (C=O) groups is 1. The predicted octanol–water partition coefficient (Wildman–Crippen LogP) is 1.90. The lowest BCUT2D eigenvalue weighted by molar-refractivity contribution is -0.272. The largest absolute Gasteiger partial charge is 0.424 e. The fourth-order valence-electron chi connectivity index (χ4n) is 3.62. The molecular weight excluding hydrogens is 415 g/mol. The van der Waals surface area contributed by atoms with Gasteiger partial charge in [-0.15, -0.1) is 0 Å². The molecule has 2 heterocycles. The first-order chi connectivity index (χ1) is 14.6. The molecule has 3 aromatic rings. The van der Waals surface area contributed by atoms with E-state index >= 15 is 0 Å². The Kier molecular flexibility index (Phi) is 6.25. The second-order valence-corrected chi connectivity index (χ2v) is 7.24. The molecule has 1 atom stereocenters. The Bertz CT molecular complexity index is 1130. The van der Waals surface area contributed by atoms with E-state index in [1.807, 2.05) is 19.1 Å². The van der Waals surface area contributed by atoms with Crippen molar-refractivity contribution in [2.24, 2.45) is 7.05 Å². The minimum Gasteiger partial charge on any atom is -0.374 e. The maximum Gasteiger partial charge on any atom is 0.424 e. The van der Waals surface area contributed by atoms with Crippen LogP contribution in [0.5, 0.6) is 0 Å². The first-order valence-electron chi connectivity index (χ1n) is 9.81. The summed E-state index contributed by atoms with van der Waals surface area (Å²) in [4.78, 5) is 28.4. The minimum absolute atomic E-state index is 0.0844. The maximum absolute atomic E-state index is 13.5. The number of rotatable bonds is 8. The Balaban J connectivity index is 1.65. The molecule has 3 rings (SSSR count). The van der Waals surface area contributed by atoms with Gasteiger partial charge < -0.3 is 15.0 Å². The van der Waals surface area contributed by atoms with E-state index in [0.29, 0.717) is 12.1 Å². The third kappa shape index (κ3) is 4.22. The van der Waals surface area contributed by atoms with Crippen LogP contribution in [0.2, 0.25) is 0 Å². The molecule has 0 saturated carbocycles. The van der Waals surface area contributed by atoms with Crippen molar-refractivity contribution in [3.05, 3.63) is 53.0 Å². The number of nitrogens with zero attached hydrogens (tertiary/aromatic N) is 4. The highest BCUT2D eigenvalue weighted by Gasteiger charge is 2.57. The molecule has 31 heavy (non-hydrogen) atoms. The number of aliphatic hydroxyl groups is 1. The van der Waals surface area contributed by atoms with Gasteiger partial charge in [0, 0.05) is 51.9 Å². The summed E-state index contributed by atoms with van der Waals surface area (Å²) in [5, 5.41) is 12.7. The number of aryl methyl sites for hydroxylation is 3. The lowest BCUT2D eigenvalue weighted by Gasteiger charge is -2.30. The quantitative estimate of drug-likeness (QED) is 0.561. The van der Waals surface area contributed by atoms with Crippen LogP contribution in [-0.2, 0) is 30.5 Å². The highest BCUT2D eigenvalue weighted by molar-refractivity contribution is 5.78. The summed E-state index contributed by atoms with van der Waals surface area (Å²) in [5.74, 6) is -1.07. The standard InChI is InChI=1S/C20H24F3N5O3/c1-3-27-14-6-4-5-7-15(14)28(18(27)30)12-8-16(29)24-10-9-19(31,20(21,22)23)17-25-11-13-26(17)2/h4-7,11,13,31H,3,8-10,12H2,1-2H3,(H,24,29). The topological polar surface area (TPSA) is 94.1 Å². The molecule has 8 nitrogen and oxygen atoms in total. The van der Waals surface area contributed by atoms with Gasteiger partial charge in [0.05, 0.1) is 11.0 Å². The zero-order chi connectivity index (χ0) is 22.8. The van der Waals surface area contributed by atoms with Gasteiger partial charge in [-0.2, -0.15) is 13.2 Å². The van der Waals surface area contributed by atoms with E-state index in [9.17, 15) is 27.9 Å². The predicted molar refractivity (Wildman–Crippen MR) is 107 cm³/mol. The van der Waals surface area contributed by atoms with Crippen LogP contribution in [0.3, 0.4) is 0 Å². The number of amides is 1. The Morgan fingerprint density at radius 3 is 2.39 bits per heavy atom. The van der Waals surface area contributed by atoms with Crippen molar-refractivity contribution in [2.75, 3.05) is 6.54 Å². The maximum atomic E-state index is 13.5. The molecule has 2 aromatic heterocycles. The molecule has 0 fully saturated rings. The van der Waals surface area contributed by atoms with E-state index in [2.05, 4.69) is 10.3 Å². The minimum atomic E-state index is -4.97. The normalized spacial score (nSPS) is 14.0. The summed E-state index contributed by atoms with van der Waals surface area (Å²) in [5.41, 5.74) is -2.01. The van der Waals surface area contributed by atoms with Crippen LogP contribution in [0, 0.1) is 0 Å². The summed E-state index contributed by atoms with van der Waals surface area (Å²) in [6.07, 6.45) is -3.39. The van der Waals surface area contributed by atoms with Gasteiger partial charge in [0.2, 0.25) is 11.5 Å². The zero-order valence-corrected chi connectivity index (χ0v) is 17.2. The van der Waals surface area contributed by atoms with Gasteiger partial charge in [0.1, 0.15) is 5.82 Å². The molecule has 168 valence electrons. The van der Waals surface area contributed by atoms with Crippen molar-refractivity contribution in [1.29, 1.82) is 0 Å². The van der Waals surface area contributed by atoms with Gasteiger partial charge in [-0.1, -0.05) is 12.1 Å². The van der Waals surface area contributed by atoms with E-state index < -0.39 is 36.5 Å². The van der Waals surface area contributed by atoms with E-state index in [4.69, 9.17) is 0 Å². The monoisotopic (exact) mass is 439 g/mol. The highest BCUT2D eigenvalue weighted by atomic mass is 19.4. The summed E-state index contributed by atoms with van der Waals surface area (Å²) in [7, 11) is 1.35. The molecule has 2 N–H and O–H groups in total. The molecule has 1 aromatic carbocycles.